The Hall–Kier alpha value is -1.89. The van der Waals surface area contributed by atoms with Crippen LogP contribution in [0.25, 0.3) is 22.2 Å². The van der Waals surface area contributed by atoms with Crippen molar-refractivity contribution in [1.82, 2.24) is 14.5 Å². The molecule has 0 spiro atoms. The predicted octanol–water partition coefficient (Wildman–Crippen LogP) is 5.07. The smallest absolute Gasteiger partial charge is 0.147 e. The van der Waals surface area contributed by atoms with E-state index >= 15 is 0 Å². The molecule has 2 heterocycles. The zero-order chi connectivity index (χ0) is 18.7. The first-order valence-electron chi connectivity index (χ1n) is 8.61. The van der Waals surface area contributed by atoms with E-state index < -0.39 is 8.07 Å². The van der Waals surface area contributed by atoms with Crippen LogP contribution >= 0.6 is 11.6 Å². The van der Waals surface area contributed by atoms with Gasteiger partial charge >= 0.3 is 0 Å². The zero-order valence-electron chi connectivity index (χ0n) is 15.6. The van der Waals surface area contributed by atoms with Gasteiger partial charge in [0.05, 0.1) is 12.5 Å². The van der Waals surface area contributed by atoms with E-state index in [-0.39, 0.29) is 0 Å². The van der Waals surface area contributed by atoms with Crippen molar-refractivity contribution in [2.24, 2.45) is 0 Å². The average Bonchev–Trinajstić information content (AvgIpc) is 2.98. The van der Waals surface area contributed by atoms with Gasteiger partial charge < -0.3 is 14.0 Å². The second-order valence-electron chi connectivity index (χ2n) is 7.42. The molecule has 7 heteroatoms. The highest BCUT2D eigenvalue weighted by Crippen LogP contribution is 2.38. The van der Waals surface area contributed by atoms with Crippen LogP contribution in [0.5, 0.6) is 5.75 Å². The molecule has 0 bridgehead atoms. The highest BCUT2D eigenvalue weighted by atomic mass is 35.5. The molecule has 2 aromatic heterocycles. The summed E-state index contributed by atoms with van der Waals surface area (Å²) < 4.78 is 13.4. The van der Waals surface area contributed by atoms with Crippen LogP contribution in [0.3, 0.4) is 0 Å². The molecule has 0 saturated heterocycles. The molecule has 0 aliphatic heterocycles. The Morgan fingerprint density at radius 2 is 1.88 bits per heavy atom. The summed E-state index contributed by atoms with van der Waals surface area (Å²) in [5, 5.41) is 1.24. The molecule has 5 nitrogen and oxygen atoms in total. The lowest BCUT2D eigenvalue weighted by molar-refractivity contribution is 0.0899. The summed E-state index contributed by atoms with van der Waals surface area (Å²) in [6, 6.07) is 8.98. The Bertz CT molecular complexity index is 905. The highest BCUT2D eigenvalue weighted by Gasteiger charge is 2.18. The first-order chi connectivity index (χ1) is 12.4. The fourth-order valence-corrected chi connectivity index (χ4v) is 3.78. The number of benzene rings is 1. The van der Waals surface area contributed by atoms with E-state index in [4.69, 9.17) is 21.1 Å². The highest BCUT2D eigenvalue weighted by molar-refractivity contribution is 6.76. The SMILES string of the molecule is COc1ccccc1-c1cn(COCC[Si](C)(C)C)c2ncnc(Cl)c12. The molecule has 0 aliphatic carbocycles. The summed E-state index contributed by atoms with van der Waals surface area (Å²) in [4.78, 5) is 8.58. The van der Waals surface area contributed by atoms with Crippen LogP contribution in [-0.4, -0.2) is 36.3 Å². The molecule has 0 unspecified atom stereocenters. The van der Waals surface area contributed by atoms with Crippen molar-refractivity contribution in [2.45, 2.75) is 32.4 Å². The van der Waals surface area contributed by atoms with E-state index in [9.17, 15) is 0 Å². The van der Waals surface area contributed by atoms with Gasteiger partial charge in [-0.3, -0.25) is 0 Å². The molecule has 0 amide bonds. The summed E-state index contributed by atoms with van der Waals surface area (Å²) in [6.45, 7) is 8.21. The number of hydrogen-bond acceptors (Lipinski definition) is 4. The third kappa shape index (κ3) is 4.08. The summed E-state index contributed by atoms with van der Waals surface area (Å²) in [5.74, 6) is 0.783. The van der Waals surface area contributed by atoms with Crippen molar-refractivity contribution in [3.63, 3.8) is 0 Å². The number of ether oxygens (including phenoxy) is 2. The van der Waals surface area contributed by atoms with Gasteiger partial charge in [0.1, 0.15) is 29.6 Å². The standard InChI is InChI=1S/C19H24ClN3O2Si/c1-24-16-8-6-5-7-14(16)15-11-23(13-25-9-10-26(2,3)4)19-17(15)18(20)21-12-22-19/h5-8,11-12H,9-10,13H2,1-4H3. The maximum absolute atomic E-state index is 6.40. The van der Waals surface area contributed by atoms with Crippen molar-refractivity contribution >= 4 is 30.7 Å². The van der Waals surface area contributed by atoms with Gasteiger partial charge in [-0.15, -0.1) is 0 Å². The van der Waals surface area contributed by atoms with E-state index in [1.54, 1.807) is 7.11 Å². The summed E-state index contributed by atoms with van der Waals surface area (Å²) in [7, 11) is 0.547. The maximum Gasteiger partial charge on any atom is 0.147 e. The van der Waals surface area contributed by atoms with Crippen LogP contribution in [0.1, 0.15) is 0 Å². The van der Waals surface area contributed by atoms with Crippen molar-refractivity contribution in [3.05, 3.63) is 41.9 Å². The molecule has 0 fully saturated rings. The minimum absolute atomic E-state index is 0.428. The topological polar surface area (TPSA) is 49.2 Å². The second kappa shape index (κ2) is 7.78. The second-order valence-corrected chi connectivity index (χ2v) is 13.4. The quantitative estimate of drug-likeness (QED) is 0.321. The van der Waals surface area contributed by atoms with E-state index in [0.29, 0.717) is 11.9 Å². The van der Waals surface area contributed by atoms with Gasteiger partial charge in [-0.1, -0.05) is 49.4 Å². The first kappa shape index (κ1) is 18.9. The fraction of sp³-hybridized carbons (Fsp3) is 0.368. The van der Waals surface area contributed by atoms with Gasteiger partial charge in [-0.2, -0.15) is 0 Å². The van der Waals surface area contributed by atoms with Gasteiger partial charge in [-0.25, -0.2) is 9.97 Å². The summed E-state index contributed by atoms with van der Waals surface area (Å²) in [6.07, 6.45) is 3.49. The Kier molecular flexibility index (Phi) is 5.65. The van der Waals surface area contributed by atoms with Gasteiger partial charge in [0.2, 0.25) is 0 Å². The lowest BCUT2D eigenvalue weighted by Gasteiger charge is -2.15. The van der Waals surface area contributed by atoms with Gasteiger partial charge in [0.15, 0.2) is 0 Å². The molecule has 0 atom stereocenters. The lowest BCUT2D eigenvalue weighted by Crippen LogP contribution is -2.22. The number of para-hydroxylation sites is 1. The molecule has 0 radical (unpaired) electrons. The number of halogens is 1. The van der Waals surface area contributed by atoms with Crippen LogP contribution in [0.15, 0.2) is 36.8 Å². The molecule has 138 valence electrons. The molecule has 26 heavy (non-hydrogen) atoms. The fourth-order valence-electron chi connectivity index (χ4n) is 2.80. The minimum atomic E-state index is -1.12. The van der Waals surface area contributed by atoms with Crippen LogP contribution in [0.2, 0.25) is 30.8 Å². The Morgan fingerprint density at radius 1 is 1.12 bits per heavy atom. The summed E-state index contributed by atoms with van der Waals surface area (Å²) in [5.41, 5.74) is 2.66. The van der Waals surface area contributed by atoms with E-state index in [2.05, 4.69) is 29.6 Å². The molecule has 3 aromatic rings. The zero-order valence-corrected chi connectivity index (χ0v) is 17.4. The first-order valence-corrected chi connectivity index (χ1v) is 12.7. The minimum Gasteiger partial charge on any atom is -0.496 e. The largest absolute Gasteiger partial charge is 0.496 e. The molecule has 3 rings (SSSR count). The third-order valence-corrected chi connectivity index (χ3v) is 6.22. The van der Waals surface area contributed by atoms with Crippen molar-refractivity contribution in [2.75, 3.05) is 13.7 Å². The third-order valence-electron chi connectivity index (χ3n) is 4.23. The van der Waals surface area contributed by atoms with Crippen molar-refractivity contribution < 1.29 is 9.47 Å². The van der Waals surface area contributed by atoms with Gasteiger partial charge in [0.25, 0.3) is 0 Å². The Labute approximate surface area is 159 Å². The normalized spacial score (nSPS) is 11.9. The summed E-state index contributed by atoms with van der Waals surface area (Å²) >= 11 is 6.40. The van der Waals surface area contributed by atoms with E-state index in [1.165, 1.54) is 6.33 Å². The van der Waals surface area contributed by atoms with E-state index in [0.717, 1.165) is 40.6 Å². The maximum atomic E-state index is 6.40. The molecule has 0 aliphatic rings. The average molecular weight is 390 g/mol. The number of aromatic nitrogens is 3. The Balaban J connectivity index is 1.97. The molecular formula is C19H24ClN3O2Si. The van der Waals surface area contributed by atoms with Gasteiger partial charge in [0, 0.05) is 32.0 Å². The number of fused-ring (bicyclic) bond motifs is 1. The van der Waals surface area contributed by atoms with Crippen LogP contribution in [-0.2, 0) is 11.5 Å². The number of hydrogen-bond donors (Lipinski definition) is 0. The molecule has 1 aromatic carbocycles. The molecular weight excluding hydrogens is 366 g/mol. The molecule has 0 saturated carbocycles. The number of nitrogens with zero attached hydrogens (tertiary/aromatic N) is 3. The van der Waals surface area contributed by atoms with Gasteiger partial charge in [-0.05, 0) is 12.1 Å². The lowest BCUT2D eigenvalue weighted by atomic mass is 10.1. The van der Waals surface area contributed by atoms with Crippen molar-refractivity contribution in [3.8, 4) is 16.9 Å². The predicted molar refractivity (Wildman–Crippen MR) is 109 cm³/mol. The number of methoxy groups -OCH3 is 1. The monoisotopic (exact) mass is 389 g/mol. The van der Waals surface area contributed by atoms with Crippen LogP contribution in [0.4, 0.5) is 0 Å². The molecule has 0 N–H and O–H groups in total. The van der Waals surface area contributed by atoms with E-state index in [1.807, 2.05) is 35.0 Å². The van der Waals surface area contributed by atoms with Crippen molar-refractivity contribution in [1.29, 1.82) is 0 Å². The van der Waals surface area contributed by atoms with Crippen LogP contribution in [0, 0.1) is 0 Å². The Morgan fingerprint density at radius 3 is 2.62 bits per heavy atom. The van der Waals surface area contributed by atoms with Crippen LogP contribution < -0.4 is 4.74 Å². The number of rotatable bonds is 7.